The molecule has 2 rings (SSSR count). The van der Waals surface area contributed by atoms with Crippen LogP contribution in [0.5, 0.6) is 17.2 Å². The number of benzene rings is 2. The molecule has 0 heterocycles. The van der Waals surface area contributed by atoms with E-state index in [9.17, 15) is 9.59 Å². The Morgan fingerprint density at radius 3 is 2.24 bits per heavy atom. The Kier molecular flexibility index (Phi) is 6.22. The van der Waals surface area contributed by atoms with Gasteiger partial charge in [0.2, 0.25) is 0 Å². The van der Waals surface area contributed by atoms with Crippen LogP contribution in [0, 0.1) is 0 Å². The monoisotopic (exact) mass is 345 g/mol. The van der Waals surface area contributed by atoms with Crippen molar-refractivity contribution >= 4 is 17.7 Å². The molecule has 2 aromatic rings. The standard InChI is InChI=1S/C18H19NO6/c1-4-24-17(20)12-5-7-13(8-6-12)25-18(21)19-15-10-9-14(22-2)11-16(15)23-3/h5-11H,4H2,1-3H3,(H,19,21). The number of nitrogens with one attached hydrogen (secondary N) is 1. The molecule has 0 spiro atoms. The van der Waals surface area contributed by atoms with Crippen LogP contribution in [0.25, 0.3) is 0 Å². The van der Waals surface area contributed by atoms with Gasteiger partial charge in [0.05, 0.1) is 32.1 Å². The highest BCUT2D eigenvalue weighted by atomic mass is 16.6. The van der Waals surface area contributed by atoms with E-state index >= 15 is 0 Å². The third-order valence-electron chi connectivity index (χ3n) is 3.22. The smallest absolute Gasteiger partial charge is 0.417 e. The van der Waals surface area contributed by atoms with Gasteiger partial charge in [-0.2, -0.15) is 0 Å². The number of methoxy groups -OCH3 is 2. The predicted octanol–water partition coefficient (Wildman–Crippen LogP) is 3.49. The molecule has 0 aliphatic rings. The van der Waals surface area contributed by atoms with Gasteiger partial charge in [-0.05, 0) is 43.3 Å². The fraction of sp³-hybridized carbons (Fsp3) is 0.222. The van der Waals surface area contributed by atoms with Crippen molar-refractivity contribution in [2.45, 2.75) is 6.92 Å². The maximum atomic E-state index is 12.0. The Hall–Kier alpha value is -3.22. The number of esters is 1. The Morgan fingerprint density at radius 2 is 1.64 bits per heavy atom. The zero-order valence-electron chi connectivity index (χ0n) is 14.2. The fourth-order valence-corrected chi connectivity index (χ4v) is 2.02. The molecule has 1 N–H and O–H groups in total. The van der Waals surface area contributed by atoms with Gasteiger partial charge < -0.3 is 18.9 Å². The molecule has 25 heavy (non-hydrogen) atoms. The van der Waals surface area contributed by atoms with E-state index < -0.39 is 12.1 Å². The first-order valence-corrected chi connectivity index (χ1v) is 7.55. The number of carbonyl (C=O) groups excluding carboxylic acids is 2. The lowest BCUT2D eigenvalue weighted by Crippen LogP contribution is -2.17. The molecule has 0 saturated carbocycles. The molecule has 0 aliphatic heterocycles. The molecule has 0 atom stereocenters. The average molecular weight is 345 g/mol. The number of amides is 1. The summed E-state index contributed by atoms with van der Waals surface area (Å²) in [6.07, 6.45) is -0.688. The summed E-state index contributed by atoms with van der Waals surface area (Å²) < 4.78 is 20.4. The molecule has 0 aromatic heterocycles. The molecule has 132 valence electrons. The van der Waals surface area contributed by atoms with E-state index in [0.717, 1.165) is 0 Å². The lowest BCUT2D eigenvalue weighted by Gasteiger charge is -2.12. The van der Waals surface area contributed by atoms with E-state index in [1.54, 1.807) is 25.1 Å². The molecular weight excluding hydrogens is 326 g/mol. The summed E-state index contributed by atoms with van der Waals surface area (Å²) in [6, 6.07) is 11.0. The summed E-state index contributed by atoms with van der Waals surface area (Å²) in [4.78, 5) is 23.6. The SMILES string of the molecule is CCOC(=O)c1ccc(OC(=O)Nc2ccc(OC)cc2OC)cc1. The van der Waals surface area contributed by atoms with Gasteiger partial charge >= 0.3 is 12.1 Å². The highest BCUT2D eigenvalue weighted by molar-refractivity contribution is 5.90. The van der Waals surface area contributed by atoms with Crippen molar-refractivity contribution in [1.82, 2.24) is 0 Å². The van der Waals surface area contributed by atoms with E-state index in [4.69, 9.17) is 18.9 Å². The fourth-order valence-electron chi connectivity index (χ4n) is 2.02. The number of anilines is 1. The summed E-state index contributed by atoms with van der Waals surface area (Å²) in [5.74, 6) is 0.902. The van der Waals surface area contributed by atoms with E-state index in [1.165, 1.54) is 38.5 Å². The second-order valence-corrected chi connectivity index (χ2v) is 4.83. The maximum Gasteiger partial charge on any atom is 0.417 e. The van der Waals surface area contributed by atoms with Gasteiger partial charge in [-0.25, -0.2) is 9.59 Å². The van der Waals surface area contributed by atoms with E-state index in [1.807, 2.05) is 0 Å². The zero-order chi connectivity index (χ0) is 18.2. The molecule has 0 aliphatic carbocycles. The molecule has 1 amide bonds. The molecule has 7 heteroatoms. The first-order valence-electron chi connectivity index (χ1n) is 7.55. The summed E-state index contributed by atoms with van der Waals surface area (Å²) in [5, 5.41) is 2.59. The zero-order valence-corrected chi connectivity index (χ0v) is 14.2. The van der Waals surface area contributed by atoms with Crippen LogP contribution < -0.4 is 19.5 Å². The topological polar surface area (TPSA) is 83.1 Å². The Labute approximate surface area is 145 Å². The quantitative estimate of drug-likeness (QED) is 0.807. The lowest BCUT2D eigenvalue weighted by atomic mass is 10.2. The first kappa shape index (κ1) is 18.1. The van der Waals surface area contributed by atoms with Crippen LogP contribution in [-0.4, -0.2) is 32.9 Å². The molecule has 0 saturated heterocycles. The van der Waals surface area contributed by atoms with Gasteiger partial charge in [-0.15, -0.1) is 0 Å². The van der Waals surface area contributed by atoms with Crippen molar-refractivity contribution in [3.8, 4) is 17.2 Å². The number of rotatable bonds is 6. The van der Waals surface area contributed by atoms with E-state index in [-0.39, 0.29) is 5.75 Å². The second kappa shape index (κ2) is 8.58. The van der Waals surface area contributed by atoms with Crippen molar-refractivity contribution in [2.75, 3.05) is 26.1 Å². The van der Waals surface area contributed by atoms with Crippen molar-refractivity contribution in [1.29, 1.82) is 0 Å². The number of ether oxygens (including phenoxy) is 4. The summed E-state index contributed by atoms with van der Waals surface area (Å²) in [6.45, 7) is 2.02. The van der Waals surface area contributed by atoms with Crippen LogP contribution in [0.2, 0.25) is 0 Å². The second-order valence-electron chi connectivity index (χ2n) is 4.83. The molecule has 0 radical (unpaired) electrons. The lowest BCUT2D eigenvalue weighted by molar-refractivity contribution is 0.0526. The van der Waals surface area contributed by atoms with Crippen molar-refractivity contribution in [2.24, 2.45) is 0 Å². The Balaban J connectivity index is 2.02. The molecule has 0 bridgehead atoms. The van der Waals surface area contributed by atoms with Gasteiger partial charge in [-0.3, -0.25) is 5.32 Å². The minimum Gasteiger partial charge on any atom is -0.497 e. The number of hydrogen-bond donors (Lipinski definition) is 1. The molecular formula is C18H19NO6. The summed E-state index contributed by atoms with van der Waals surface area (Å²) in [5.41, 5.74) is 0.822. The molecule has 0 fully saturated rings. The van der Waals surface area contributed by atoms with Gasteiger partial charge in [0, 0.05) is 6.07 Å². The predicted molar refractivity (Wildman–Crippen MR) is 91.6 cm³/mol. The minimum atomic E-state index is -0.688. The third-order valence-corrected chi connectivity index (χ3v) is 3.22. The van der Waals surface area contributed by atoms with Crippen molar-refractivity contribution in [3.63, 3.8) is 0 Å². The van der Waals surface area contributed by atoms with Crippen LogP contribution in [-0.2, 0) is 4.74 Å². The van der Waals surface area contributed by atoms with Crippen molar-refractivity contribution < 1.29 is 28.5 Å². The highest BCUT2D eigenvalue weighted by Gasteiger charge is 2.12. The molecule has 2 aromatic carbocycles. The minimum absolute atomic E-state index is 0.290. The average Bonchev–Trinajstić information content (AvgIpc) is 2.62. The van der Waals surface area contributed by atoms with Gasteiger partial charge in [0.15, 0.2) is 0 Å². The van der Waals surface area contributed by atoms with Gasteiger partial charge in [-0.1, -0.05) is 0 Å². The number of carbonyl (C=O) groups is 2. The van der Waals surface area contributed by atoms with Gasteiger partial charge in [0.25, 0.3) is 0 Å². The molecule has 7 nitrogen and oxygen atoms in total. The van der Waals surface area contributed by atoms with Crippen LogP contribution in [0.15, 0.2) is 42.5 Å². The normalized spacial score (nSPS) is 9.88. The number of hydrogen-bond acceptors (Lipinski definition) is 6. The Bertz CT molecular complexity index is 742. The highest BCUT2D eigenvalue weighted by Crippen LogP contribution is 2.29. The first-order chi connectivity index (χ1) is 12.1. The van der Waals surface area contributed by atoms with Crippen LogP contribution in [0.3, 0.4) is 0 Å². The van der Waals surface area contributed by atoms with Crippen LogP contribution in [0.1, 0.15) is 17.3 Å². The van der Waals surface area contributed by atoms with E-state index in [0.29, 0.717) is 29.4 Å². The summed E-state index contributed by atoms with van der Waals surface area (Å²) in [7, 11) is 3.02. The van der Waals surface area contributed by atoms with Gasteiger partial charge in [0.1, 0.15) is 17.2 Å². The molecule has 0 unspecified atom stereocenters. The maximum absolute atomic E-state index is 12.0. The van der Waals surface area contributed by atoms with Crippen LogP contribution in [0.4, 0.5) is 10.5 Å². The Morgan fingerprint density at radius 1 is 0.960 bits per heavy atom. The van der Waals surface area contributed by atoms with E-state index in [2.05, 4.69) is 5.32 Å². The largest absolute Gasteiger partial charge is 0.497 e. The third kappa shape index (κ3) is 4.87. The van der Waals surface area contributed by atoms with Crippen molar-refractivity contribution in [3.05, 3.63) is 48.0 Å². The summed E-state index contributed by atoms with van der Waals surface area (Å²) >= 11 is 0. The van der Waals surface area contributed by atoms with Crippen LogP contribution >= 0.6 is 0 Å².